The molecule has 0 bridgehead atoms. The Kier molecular flexibility index (Phi) is 2.77. The van der Waals surface area contributed by atoms with Crippen LogP contribution < -0.4 is 0 Å². The lowest BCUT2D eigenvalue weighted by molar-refractivity contribution is 0.601. The largest absolute Gasteiger partial charge is 0.612 e. The number of benzene rings is 1. The molecule has 0 aliphatic carbocycles. The van der Waals surface area contributed by atoms with Crippen molar-refractivity contribution in [2.75, 3.05) is 6.26 Å². The molecule has 0 fully saturated rings. The van der Waals surface area contributed by atoms with E-state index in [-0.39, 0.29) is 0 Å². The van der Waals surface area contributed by atoms with E-state index in [0.717, 1.165) is 9.37 Å². The maximum atomic E-state index is 10.9. The lowest BCUT2D eigenvalue weighted by Crippen LogP contribution is -1.95. The minimum absolute atomic E-state index is 0.800. The van der Waals surface area contributed by atoms with E-state index in [1.807, 2.05) is 6.07 Å². The highest BCUT2D eigenvalue weighted by atomic mass is 79.9. The fourth-order valence-corrected chi connectivity index (χ4v) is 1.65. The zero-order valence-electron chi connectivity index (χ0n) is 5.43. The van der Waals surface area contributed by atoms with Crippen molar-refractivity contribution in [1.82, 2.24) is 0 Å². The van der Waals surface area contributed by atoms with Crippen LogP contribution in [0.25, 0.3) is 0 Å². The van der Waals surface area contributed by atoms with Gasteiger partial charge < -0.3 is 4.55 Å². The molecule has 53 valence electrons. The summed E-state index contributed by atoms with van der Waals surface area (Å²) in [6.07, 6.45) is 1.65. The first-order chi connectivity index (χ1) is 4.70. The molecule has 0 aliphatic heterocycles. The highest BCUT2D eigenvalue weighted by molar-refractivity contribution is 9.10. The number of halogens is 1. The quantitative estimate of drug-likeness (QED) is 0.661. The Balaban J connectivity index is 2.96. The maximum absolute atomic E-state index is 10.9. The summed E-state index contributed by atoms with van der Waals surface area (Å²) >= 11 is 2.36. The summed E-state index contributed by atoms with van der Waals surface area (Å²) in [6, 6.07) is 8.21. The molecular weight excluding hydrogens is 212 g/mol. The summed E-state index contributed by atoms with van der Waals surface area (Å²) in [5, 5.41) is 0. The number of rotatable bonds is 1. The standard InChI is InChI=1S/C7H6BrOS/c1-10(9)7-4-2-3-6(8)5-7/h3-5H,1H3. The summed E-state index contributed by atoms with van der Waals surface area (Å²) in [7, 11) is 0. The van der Waals surface area contributed by atoms with E-state index in [9.17, 15) is 4.55 Å². The van der Waals surface area contributed by atoms with Crippen LogP contribution in [0.15, 0.2) is 27.6 Å². The Hall–Kier alpha value is 0.01000. The van der Waals surface area contributed by atoms with Crippen LogP contribution >= 0.6 is 15.9 Å². The highest BCUT2D eigenvalue weighted by Crippen LogP contribution is 2.14. The molecule has 0 amide bonds. The average Bonchev–Trinajstić information content (AvgIpc) is 1.88. The van der Waals surface area contributed by atoms with Gasteiger partial charge in [0.15, 0.2) is 4.90 Å². The van der Waals surface area contributed by atoms with Crippen molar-refractivity contribution in [2.24, 2.45) is 0 Å². The van der Waals surface area contributed by atoms with Crippen molar-refractivity contribution in [1.29, 1.82) is 0 Å². The fourth-order valence-electron chi connectivity index (χ4n) is 0.589. The molecule has 0 heterocycles. The first kappa shape index (κ1) is 8.11. The van der Waals surface area contributed by atoms with Gasteiger partial charge in [0, 0.05) is 16.6 Å². The van der Waals surface area contributed by atoms with E-state index in [1.165, 1.54) is 0 Å². The van der Waals surface area contributed by atoms with Crippen molar-refractivity contribution >= 4 is 27.1 Å². The third-order valence-electron chi connectivity index (χ3n) is 1.06. The lowest BCUT2D eigenvalue weighted by Gasteiger charge is -2.02. The molecule has 0 N–H and O–H groups in total. The Morgan fingerprint density at radius 1 is 1.60 bits per heavy atom. The van der Waals surface area contributed by atoms with Gasteiger partial charge >= 0.3 is 0 Å². The molecule has 1 atom stereocenters. The van der Waals surface area contributed by atoms with Crippen LogP contribution in [0.5, 0.6) is 0 Å². The maximum Gasteiger partial charge on any atom is 0.154 e. The second kappa shape index (κ2) is 3.42. The van der Waals surface area contributed by atoms with Gasteiger partial charge in [-0.15, -0.1) is 0 Å². The normalized spacial score (nSPS) is 13.1. The van der Waals surface area contributed by atoms with Crippen LogP contribution in [-0.4, -0.2) is 10.8 Å². The van der Waals surface area contributed by atoms with E-state index >= 15 is 0 Å². The van der Waals surface area contributed by atoms with Gasteiger partial charge in [0.05, 0.1) is 0 Å². The second-order valence-corrected chi connectivity index (χ2v) is 4.14. The second-order valence-electron chi connectivity index (χ2n) is 1.84. The van der Waals surface area contributed by atoms with Gasteiger partial charge in [0.25, 0.3) is 0 Å². The highest BCUT2D eigenvalue weighted by Gasteiger charge is 2.02. The van der Waals surface area contributed by atoms with Gasteiger partial charge in [0.2, 0.25) is 0 Å². The summed E-state index contributed by atoms with van der Waals surface area (Å²) in [5.41, 5.74) is 0. The van der Waals surface area contributed by atoms with Crippen molar-refractivity contribution in [2.45, 2.75) is 4.90 Å². The smallest absolute Gasteiger partial charge is 0.154 e. The third-order valence-corrected chi connectivity index (χ3v) is 2.42. The zero-order valence-corrected chi connectivity index (χ0v) is 7.83. The minimum atomic E-state index is -0.900. The van der Waals surface area contributed by atoms with Gasteiger partial charge in [-0.25, -0.2) is 0 Å². The molecule has 3 heteroatoms. The first-order valence-electron chi connectivity index (χ1n) is 2.70. The van der Waals surface area contributed by atoms with Gasteiger partial charge in [-0.1, -0.05) is 15.9 Å². The third kappa shape index (κ3) is 2.01. The Morgan fingerprint density at radius 3 is 2.70 bits per heavy atom. The lowest BCUT2D eigenvalue weighted by atomic mass is 10.4. The molecule has 0 aliphatic rings. The van der Waals surface area contributed by atoms with E-state index in [1.54, 1.807) is 18.4 Å². The number of hydrogen-bond donors (Lipinski definition) is 0. The van der Waals surface area contributed by atoms with Gasteiger partial charge in [-0.3, -0.25) is 0 Å². The molecule has 1 aromatic carbocycles. The molecule has 0 spiro atoms. The molecule has 0 saturated heterocycles. The minimum Gasteiger partial charge on any atom is -0.612 e. The van der Waals surface area contributed by atoms with Gasteiger partial charge in [-0.05, 0) is 23.3 Å². The van der Waals surface area contributed by atoms with Gasteiger partial charge in [0.1, 0.15) is 6.26 Å². The van der Waals surface area contributed by atoms with Crippen LogP contribution in [0.1, 0.15) is 0 Å². The molecular formula is C7H6BrOS. The van der Waals surface area contributed by atoms with E-state index in [2.05, 4.69) is 22.0 Å². The topological polar surface area (TPSA) is 23.1 Å². The Morgan fingerprint density at radius 2 is 2.30 bits per heavy atom. The van der Waals surface area contributed by atoms with Crippen molar-refractivity contribution < 1.29 is 4.55 Å². The van der Waals surface area contributed by atoms with E-state index in [4.69, 9.17) is 0 Å². The van der Waals surface area contributed by atoms with Crippen molar-refractivity contribution in [3.8, 4) is 0 Å². The predicted octanol–water partition coefficient (Wildman–Crippen LogP) is 1.99. The van der Waals surface area contributed by atoms with Crippen LogP contribution in [0.3, 0.4) is 0 Å². The molecule has 0 aromatic heterocycles. The molecule has 1 nitrogen and oxygen atoms in total. The molecule has 1 unspecified atom stereocenters. The van der Waals surface area contributed by atoms with Gasteiger partial charge in [-0.2, -0.15) is 0 Å². The fraction of sp³-hybridized carbons (Fsp3) is 0.143. The van der Waals surface area contributed by atoms with E-state index < -0.39 is 11.2 Å². The summed E-state index contributed by atoms with van der Waals surface area (Å²) in [5.74, 6) is 0. The van der Waals surface area contributed by atoms with Crippen LogP contribution in [0, 0.1) is 6.07 Å². The summed E-state index contributed by atoms with van der Waals surface area (Å²) in [4.78, 5) is 0.800. The zero-order chi connectivity index (χ0) is 7.56. The van der Waals surface area contributed by atoms with Crippen LogP contribution in [-0.2, 0) is 11.2 Å². The molecule has 0 saturated carbocycles. The van der Waals surface area contributed by atoms with E-state index in [0.29, 0.717) is 0 Å². The molecule has 1 radical (unpaired) electrons. The van der Waals surface area contributed by atoms with Crippen LogP contribution in [0.2, 0.25) is 0 Å². The number of hydrogen-bond acceptors (Lipinski definition) is 1. The van der Waals surface area contributed by atoms with Crippen molar-refractivity contribution in [3.63, 3.8) is 0 Å². The first-order valence-corrected chi connectivity index (χ1v) is 5.05. The molecule has 1 aromatic rings. The summed E-state index contributed by atoms with van der Waals surface area (Å²) < 4.78 is 11.8. The van der Waals surface area contributed by atoms with Crippen LogP contribution in [0.4, 0.5) is 0 Å². The molecule has 1 rings (SSSR count). The summed E-state index contributed by atoms with van der Waals surface area (Å²) in [6.45, 7) is 0. The SMILES string of the molecule is C[S+]([O-])c1c[c]cc(Br)c1. The monoisotopic (exact) mass is 217 g/mol. The Bertz CT molecular complexity index is 225. The molecule has 10 heavy (non-hydrogen) atoms. The predicted molar refractivity (Wildman–Crippen MR) is 45.3 cm³/mol. The Labute approximate surface area is 71.8 Å². The average molecular weight is 218 g/mol. The van der Waals surface area contributed by atoms with Crippen molar-refractivity contribution in [3.05, 3.63) is 28.7 Å².